The van der Waals surface area contributed by atoms with Gasteiger partial charge in [-0.05, 0) is 24.6 Å². The maximum absolute atomic E-state index is 5.64. The van der Waals surface area contributed by atoms with Crippen LogP contribution in [0.2, 0.25) is 6.55 Å². The third kappa shape index (κ3) is 1.61. The summed E-state index contributed by atoms with van der Waals surface area (Å²) in [5, 5.41) is 1.34. The van der Waals surface area contributed by atoms with Gasteiger partial charge in [0.15, 0.2) is 0 Å². The minimum absolute atomic E-state index is 0.843. The summed E-state index contributed by atoms with van der Waals surface area (Å²) in [6.07, 6.45) is 0. The average Bonchev–Trinajstić information content (AvgIpc) is 1.85. The Morgan fingerprint density at radius 3 is 2.50 bits per heavy atom. The molecule has 1 rings (SSSR count). The van der Waals surface area contributed by atoms with E-state index in [1.165, 1.54) is 10.8 Å². The van der Waals surface area contributed by atoms with Crippen LogP contribution < -0.4 is 10.9 Å². The van der Waals surface area contributed by atoms with E-state index in [4.69, 9.17) is 5.73 Å². The minimum Gasteiger partial charge on any atom is -0.399 e. The molecule has 1 aromatic rings. The van der Waals surface area contributed by atoms with E-state index in [-0.39, 0.29) is 0 Å². The van der Waals surface area contributed by atoms with Crippen LogP contribution in [0.1, 0.15) is 5.56 Å². The number of benzene rings is 1. The molecule has 1 nitrogen and oxygen atoms in total. The predicted molar refractivity (Wildman–Crippen MR) is 46.8 cm³/mol. The summed E-state index contributed by atoms with van der Waals surface area (Å²) in [6.45, 7) is 4.23. The van der Waals surface area contributed by atoms with Crippen LogP contribution in [0.25, 0.3) is 0 Å². The fraction of sp³-hybridized carbons (Fsp3) is 0.250. The summed E-state index contributed by atoms with van der Waals surface area (Å²) in [7, 11) is 0.843. The zero-order valence-corrected chi connectivity index (χ0v) is 7.31. The average molecular weight is 149 g/mol. The lowest BCUT2D eigenvalue weighted by molar-refractivity contribution is 1.49. The van der Waals surface area contributed by atoms with Gasteiger partial charge in [0.05, 0.1) is 9.52 Å². The molecule has 52 valence electrons. The van der Waals surface area contributed by atoms with Gasteiger partial charge in [0.25, 0.3) is 0 Å². The fourth-order valence-corrected chi connectivity index (χ4v) is 1.64. The summed E-state index contributed by atoms with van der Waals surface area (Å²) in [4.78, 5) is 0. The second kappa shape index (κ2) is 2.88. The Hall–Kier alpha value is -0.763. The standard InChI is InChI=1S/C8H11NSi/c1-6-3-7(9)5-8(4-6)10-2/h3-5H,9H2,1-2H3. The maximum Gasteiger partial charge on any atom is 0.0774 e. The van der Waals surface area contributed by atoms with Gasteiger partial charge in [-0.1, -0.05) is 17.8 Å². The second-order valence-electron chi connectivity index (χ2n) is 2.38. The van der Waals surface area contributed by atoms with Gasteiger partial charge in [0, 0.05) is 5.69 Å². The molecule has 2 heteroatoms. The number of nitrogen functional groups attached to an aromatic ring is 1. The first-order valence-electron chi connectivity index (χ1n) is 3.27. The molecule has 0 aliphatic heterocycles. The highest BCUT2D eigenvalue weighted by Crippen LogP contribution is 2.01. The quantitative estimate of drug-likeness (QED) is 0.467. The van der Waals surface area contributed by atoms with Gasteiger partial charge in [0.2, 0.25) is 0 Å². The molecule has 0 fully saturated rings. The minimum atomic E-state index is 0.843. The summed E-state index contributed by atoms with van der Waals surface area (Å²) in [5.41, 5.74) is 7.77. The predicted octanol–water partition coefficient (Wildman–Crippen LogP) is 0.955. The lowest BCUT2D eigenvalue weighted by atomic mass is 10.2. The molecule has 0 aliphatic carbocycles. The van der Waals surface area contributed by atoms with E-state index in [1.807, 2.05) is 12.1 Å². The van der Waals surface area contributed by atoms with Gasteiger partial charge in [-0.25, -0.2) is 0 Å². The molecular formula is C8H11NSi. The molecule has 0 atom stereocenters. The lowest BCUT2D eigenvalue weighted by Gasteiger charge is -1.99. The number of hydrogen-bond acceptors (Lipinski definition) is 1. The molecule has 10 heavy (non-hydrogen) atoms. The highest BCUT2D eigenvalue weighted by molar-refractivity contribution is 6.52. The number of aryl methyl sites for hydroxylation is 1. The maximum atomic E-state index is 5.64. The Labute approximate surface area is 64.1 Å². The highest BCUT2D eigenvalue weighted by Gasteiger charge is 1.92. The van der Waals surface area contributed by atoms with E-state index in [0.717, 1.165) is 15.2 Å². The van der Waals surface area contributed by atoms with Crippen LogP contribution >= 0.6 is 0 Å². The molecule has 0 aliphatic rings. The van der Waals surface area contributed by atoms with Crippen LogP contribution in [0, 0.1) is 6.92 Å². The number of nitrogens with two attached hydrogens (primary N) is 1. The van der Waals surface area contributed by atoms with Gasteiger partial charge in [0.1, 0.15) is 0 Å². The summed E-state index contributed by atoms with van der Waals surface area (Å²) in [5.74, 6) is 0. The van der Waals surface area contributed by atoms with Crippen molar-refractivity contribution in [3.05, 3.63) is 23.8 Å². The van der Waals surface area contributed by atoms with Gasteiger partial charge in [-0.3, -0.25) is 0 Å². The van der Waals surface area contributed by atoms with Gasteiger partial charge < -0.3 is 5.73 Å². The Bertz CT molecular complexity index is 212. The zero-order valence-electron chi connectivity index (χ0n) is 6.31. The largest absolute Gasteiger partial charge is 0.399 e. The first-order chi connectivity index (χ1) is 4.72. The molecular weight excluding hydrogens is 138 g/mol. The number of rotatable bonds is 1. The van der Waals surface area contributed by atoms with E-state index in [2.05, 4.69) is 19.5 Å². The van der Waals surface area contributed by atoms with Crippen molar-refractivity contribution in [2.24, 2.45) is 0 Å². The van der Waals surface area contributed by atoms with Crippen LogP contribution in [-0.2, 0) is 0 Å². The molecule has 0 heterocycles. The van der Waals surface area contributed by atoms with Crippen molar-refractivity contribution in [1.29, 1.82) is 0 Å². The van der Waals surface area contributed by atoms with Crippen LogP contribution in [-0.4, -0.2) is 9.52 Å². The van der Waals surface area contributed by atoms with Crippen LogP contribution in [0.4, 0.5) is 5.69 Å². The normalized spacial score (nSPS) is 9.80. The van der Waals surface area contributed by atoms with Crippen molar-refractivity contribution in [3.63, 3.8) is 0 Å². The van der Waals surface area contributed by atoms with Crippen molar-refractivity contribution in [2.75, 3.05) is 5.73 Å². The SMILES string of the molecule is C[Si]c1cc(C)cc(N)c1. The molecule has 0 spiro atoms. The molecule has 0 amide bonds. The molecule has 0 unspecified atom stereocenters. The molecule has 2 radical (unpaired) electrons. The zero-order chi connectivity index (χ0) is 7.56. The molecule has 0 saturated heterocycles. The van der Waals surface area contributed by atoms with Crippen molar-refractivity contribution < 1.29 is 0 Å². The summed E-state index contributed by atoms with van der Waals surface area (Å²) < 4.78 is 0. The van der Waals surface area contributed by atoms with Gasteiger partial charge in [-0.2, -0.15) is 0 Å². The topological polar surface area (TPSA) is 26.0 Å². The molecule has 0 saturated carbocycles. The summed E-state index contributed by atoms with van der Waals surface area (Å²) in [6, 6.07) is 6.20. The third-order valence-corrected chi connectivity index (χ3v) is 2.25. The molecule has 2 N–H and O–H groups in total. The molecule has 0 bridgehead atoms. The monoisotopic (exact) mass is 149 g/mol. The second-order valence-corrected chi connectivity index (χ2v) is 3.46. The van der Waals surface area contributed by atoms with E-state index < -0.39 is 0 Å². The Kier molecular flexibility index (Phi) is 2.12. The first-order valence-corrected chi connectivity index (χ1v) is 4.77. The lowest BCUT2D eigenvalue weighted by Crippen LogP contribution is -2.11. The third-order valence-electron chi connectivity index (χ3n) is 1.39. The highest BCUT2D eigenvalue weighted by atomic mass is 28.2. The van der Waals surface area contributed by atoms with E-state index in [1.54, 1.807) is 0 Å². The number of anilines is 1. The van der Waals surface area contributed by atoms with Crippen molar-refractivity contribution in [1.82, 2.24) is 0 Å². The van der Waals surface area contributed by atoms with Gasteiger partial charge >= 0.3 is 0 Å². The van der Waals surface area contributed by atoms with Crippen LogP contribution in [0.5, 0.6) is 0 Å². The Morgan fingerprint density at radius 1 is 1.30 bits per heavy atom. The fourth-order valence-electron chi connectivity index (χ4n) is 0.957. The van der Waals surface area contributed by atoms with Crippen molar-refractivity contribution in [3.8, 4) is 0 Å². The molecule has 1 aromatic carbocycles. The van der Waals surface area contributed by atoms with E-state index in [0.29, 0.717) is 0 Å². The first kappa shape index (κ1) is 7.35. The van der Waals surface area contributed by atoms with Crippen molar-refractivity contribution in [2.45, 2.75) is 13.5 Å². The smallest absolute Gasteiger partial charge is 0.0774 e. The van der Waals surface area contributed by atoms with Gasteiger partial charge in [-0.15, -0.1) is 0 Å². The Morgan fingerprint density at radius 2 is 2.00 bits per heavy atom. The van der Waals surface area contributed by atoms with E-state index >= 15 is 0 Å². The summed E-state index contributed by atoms with van der Waals surface area (Å²) >= 11 is 0. The Balaban J connectivity index is 3.06. The van der Waals surface area contributed by atoms with Crippen LogP contribution in [0.15, 0.2) is 18.2 Å². The van der Waals surface area contributed by atoms with Crippen LogP contribution in [0.3, 0.4) is 0 Å². The van der Waals surface area contributed by atoms with Crippen molar-refractivity contribution >= 4 is 20.4 Å². The molecule has 0 aromatic heterocycles. The number of hydrogen-bond donors (Lipinski definition) is 1. The van der Waals surface area contributed by atoms with E-state index in [9.17, 15) is 0 Å².